The molecule has 1 heterocycles. The summed E-state index contributed by atoms with van der Waals surface area (Å²) < 4.78 is 12.4. The fourth-order valence-electron chi connectivity index (χ4n) is 2.35. The lowest BCUT2D eigenvalue weighted by Crippen LogP contribution is -2.29. The van der Waals surface area contributed by atoms with E-state index in [0.717, 1.165) is 17.2 Å². The third-order valence-corrected chi connectivity index (χ3v) is 3.62. The lowest BCUT2D eigenvalue weighted by atomic mass is 10.3. The zero-order valence-electron chi connectivity index (χ0n) is 13.9. The zero-order valence-corrected chi connectivity index (χ0v) is 13.9. The van der Waals surface area contributed by atoms with Crippen molar-refractivity contribution in [3.05, 3.63) is 72.8 Å². The molecule has 3 aromatic rings. The lowest BCUT2D eigenvalue weighted by molar-refractivity contribution is 0.0940. The lowest BCUT2D eigenvalue weighted by Gasteiger charge is -2.10. The maximum Gasteiger partial charge on any atom is 0.270 e. The first-order chi connectivity index (χ1) is 12.3. The van der Waals surface area contributed by atoms with Crippen molar-refractivity contribution < 1.29 is 14.3 Å². The van der Waals surface area contributed by atoms with Crippen LogP contribution in [0.1, 0.15) is 10.5 Å². The summed E-state index contributed by atoms with van der Waals surface area (Å²) in [4.78, 5) is 16.4. The van der Waals surface area contributed by atoms with Gasteiger partial charge in [-0.05, 0) is 36.4 Å². The summed E-state index contributed by atoms with van der Waals surface area (Å²) in [5.74, 6) is 1.30. The molecule has 0 aliphatic heterocycles. The predicted octanol–water partition coefficient (Wildman–Crippen LogP) is 2.69. The normalized spacial score (nSPS) is 10.3. The van der Waals surface area contributed by atoms with E-state index in [1.54, 1.807) is 24.2 Å². The number of carbonyl (C=O) groups excluding carboxylic acids is 1. The molecule has 0 saturated carbocycles. The summed E-state index contributed by atoms with van der Waals surface area (Å²) in [5.41, 5.74) is 1.37. The number of methoxy groups -OCH3 is 1. The monoisotopic (exact) mass is 337 g/mol. The zero-order chi connectivity index (χ0) is 17.5. The largest absolute Gasteiger partial charge is 0.497 e. The summed E-state index contributed by atoms with van der Waals surface area (Å²) in [6.45, 7) is 0.766. The maximum atomic E-state index is 12.4. The van der Waals surface area contributed by atoms with Crippen molar-refractivity contribution >= 4 is 5.91 Å². The Morgan fingerprint density at radius 2 is 1.80 bits per heavy atom. The Kier molecular flexibility index (Phi) is 5.31. The van der Waals surface area contributed by atoms with Gasteiger partial charge in [0.15, 0.2) is 0 Å². The highest BCUT2D eigenvalue weighted by Gasteiger charge is 2.12. The van der Waals surface area contributed by atoms with Gasteiger partial charge in [0.05, 0.1) is 26.2 Å². The second-order valence-corrected chi connectivity index (χ2v) is 5.26. The van der Waals surface area contributed by atoms with Gasteiger partial charge in [0.2, 0.25) is 0 Å². The van der Waals surface area contributed by atoms with E-state index >= 15 is 0 Å². The minimum absolute atomic E-state index is 0.195. The van der Waals surface area contributed by atoms with Crippen molar-refractivity contribution in [3.63, 3.8) is 0 Å². The Labute approximate surface area is 146 Å². The number of aromatic nitrogens is 2. The number of nitrogens with one attached hydrogen (secondary N) is 1. The fraction of sp³-hybridized carbons (Fsp3) is 0.158. The number of hydrogen-bond donors (Lipinski definition) is 1. The van der Waals surface area contributed by atoms with E-state index in [4.69, 9.17) is 9.47 Å². The molecule has 3 rings (SSSR count). The predicted molar refractivity (Wildman–Crippen MR) is 94.4 cm³/mol. The second-order valence-electron chi connectivity index (χ2n) is 5.26. The number of nitrogens with zero attached hydrogens (tertiary/aromatic N) is 2. The van der Waals surface area contributed by atoms with Gasteiger partial charge in [-0.2, -0.15) is 0 Å². The van der Waals surface area contributed by atoms with Gasteiger partial charge in [-0.1, -0.05) is 18.2 Å². The van der Waals surface area contributed by atoms with E-state index in [1.165, 1.54) is 0 Å². The van der Waals surface area contributed by atoms with E-state index in [1.807, 2.05) is 54.6 Å². The molecule has 1 aromatic heterocycles. The van der Waals surface area contributed by atoms with Crippen LogP contribution in [0.25, 0.3) is 5.69 Å². The summed E-state index contributed by atoms with van der Waals surface area (Å²) >= 11 is 0. The number of para-hydroxylation sites is 1. The van der Waals surface area contributed by atoms with Gasteiger partial charge >= 0.3 is 0 Å². The minimum atomic E-state index is -0.195. The molecule has 0 unspecified atom stereocenters. The first-order valence-corrected chi connectivity index (χ1v) is 7.91. The summed E-state index contributed by atoms with van der Waals surface area (Å²) in [7, 11) is 1.62. The first-order valence-electron chi connectivity index (χ1n) is 7.91. The third kappa shape index (κ3) is 4.17. The Hall–Kier alpha value is -3.28. The van der Waals surface area contributed by atoms with Crippen LogP contribution in [0, 0.1) is 0 Å². The van der Waals surface area contributed by atoms with E-state index in [0.29, 0.717) is 18.8 Å². The SMILES string of the molecule is COc1ccc(OCCNC(=O)c2cncn2-c2ccccc2)cc1. The molecule has 0 atom stereocenters. The molecule has 0 spiro atoms. The highest BCUT2D eigenvalue weighted by atomic mass is 16.5. The first kappa shape index (κ1) is 16.6. The van der Waals surface area contributed by atoms with Crippen molar-refractivity contribution in [2.45, 2.75) is 0 Å². The summed E-state index contributed by atoms with van der Waals surface area (Å²) in [5, 5.41) is 2.84. The van der Waals surface area contributed by atoms with Crippen molar-refractivity contribution in [2.75, 3.05) is 20.3 Å². The molecule has 0 fully saturated rings. The highest BCUT2D eigenvalue weighted by molar-refractivity contribution is 5.92. The van der Waals surface area contributed by atoms with Gasteiger partial charge in [0, 0.05) is 5.69 Å². The molecule has 0 bridgehead atoms. The standard InChI is InChI=1S/C19H19N3O3/c1-24-16-7-9-17(10-8-16)25-12-11-21-19(23)18-13-20-14-22(18)15-5-3-2-4-6-15/h2-10,13-14H,11-12H2,1H3,(H,21,23). The summed E-state index contributed by atoms with van der Waals surface area (Å²) in [6, 6.07) is 16.9. The van der Waals surface area contributed by atoms with Crippen LogP contribution in [0.5, 0.6) is 11.5 Å². The number of ether oxygens (including phenoxy) is 2. The molecule has 0 aliphatic rings. The third-order valence-electron chi connectivity index (χ3n) is 3.62. The average Bonchev–Trinajstić information content (AvgIpc) is 3.16. The van der Waals surface area contributed by atoms with Crippen LogP contribution in [-0.4, -0.2) is 35.7 Å². The second kappa shape index (κ2) is 8.01. The van der Waals surface area contributed by atoms with Gasteiger partial charge in [0.25, 0.3) is 5.91 Å². The van der Waals surface area contributed by atoms with Gasteiger partial charge in [-0.3, -0.25) is 9.36 Å². The maximum absolute atomic E-state index is 12.4. The van der Waals surface area contributed by atoms with E-state index < -0.39 is 0 Å². The number of benzene rings is 2. The van der Waals surface area contributed by atoms with Crippen LogP contribution < -0.4 is 14.8 Å². The van der Waals surface area contributed by atoms with Crippen LogP contribution in [0.4, 0.5) is 0 Å². The van der Waals surface area contributed by atoms with Gasteiger partial charge in [-0.25, -0.2) is 4.98 Å². The molecule has 0 radical (unpaired) electrons. The quantitative estimate of drug-likeness (QED) is 0.673. The number of hydrogen-bond acceptors (Lipinski definition) is 4. The van der Waals surface area contributed by atoms with Gasteiger partial charge < -0.3 is 14.8 Å². The van der Waals surface area contributed by atoms with Crippen molar-refractivity contribution in [1.82, 2.24) is 14.9 Å². The average molecular weight is 337 g/mol. The minimum Gasteiger partial charge on any atom is -0.497 e. The molecule has 25 heavy (non-hydrogen) atoms. The van der Waals surface area contributed by atoms with Gasteiger partial charge in [-0.15, -0.1) is 0 Å². The molecule has 6 heteroatoms. The molecular weight excluding hydrogens is 318 g/mol. The molecule has 0 saturated heterocycles. The molecule has 2 aromatic carbocycles. The Morgan fingerprint density at radius 3 is 2.52 bits per heavy atom. The van der Waals surface area contributed by atoms with Crippen LogP contribution in [0.2, 0.25) is 0 Å². The molecule has 0 aliphatic carbocycles. The Balaban J connectivity index is 1.52. The van der Waals surface area contributed by atoms with Crippen LogP contribution in [0.3, 0.4) is 0 Å². The number of carbonyl (C=O) groups is 1. The summed E-state index contributed by atoms with van der Waals surface area (Å²) in [6.07, 6.45) is 3.17. The highest BCUT2D eigenvalue weighted by Crippen LogP contribution is 2.16. The van der Waals surface area contributed by atoms with E-state index in [2.05, 4.69) is 10.3 Å². The Bertz CT molecular complexity index is 813. The van der Waals surface area contributed by atoms with Crippen molar-refractivity contribution in [2.24, 2.45) is 0 Å². The van der Waals surface area contributed by atoms with E-state index in [9.17, 15) is 4.79 Å². The number of rotatable bonds is 7. The molecule has 1 N–H and O–H groups in total. The van der Waals surface area contributed by atoms with E-state index in [-0.39, 0.29) is 5.91 Å². The van der Waals surface area contributed by atoms with Crippen LogP contribution in [0.15, 0.2) is 67.1 Å². The molecule has 6 nitrogen and oxygen atoms in total. The molecule has 128 valence electrons. The number of imidazole rings is 1. The van der Waals surface area contributed by atoms with Crippen molar-refractivity contribution in [3.8, 4) is 17.2 Å². The molecular formula is C19H19N3O3. The fourth-order valence-corrected chi connectivity index (χ4v) is 2.35. The Morgan fingerprint density at radius 1 is 1.08 bits per heavy atom. The van der Waals surface area contributed by atoms with Crippen LogP contribution >= 0.6 is 0 Å². The molecule has 1 amide bonds. The van der Waals surface area contributed by atoms with Crippen molar-refractivity contribution in [1.29, 1.82) is 0 Å². The topological polar surface area (TPSA) is 65.4 Å². The smallest absolute Gasteiger partial charge is 0.270 e. The van der Waals surface area contributed by atoms with Gasteiger partial charge in [0.1, 0.15) is 23.8 Å². The van der Waals surface area contributed by atoms with Crippen LogP contribution in [-0.2, 0) is 0 Å². The number of amides is 1.